The summed E-state index contributed by atoms with van der Waals surface area (Å²) in [5.41, 5.74) is 3.50. The predicted octanol–water partition coefficient (Wildman–Crippen LogP) is 1.36. The Labute approximate surface area is 74.0 Å². The van der Waals surface area contributed by atoms with Gasteiger partial charge in [0.05, 0.1) is 0 Å². The Morgan fingerprint density at radius 1 is 1.00 bits per heavy atom. The molecule has 0 N–H and O–H groups in total. The molecule has 0 saturated heterocycles. The van der Waals surface area contributed by atoms with Gasteiger partial charge in [0.15, 0.2) is 0 Å². The summed E-state index contributed by atoms with van der Waals surface area (Å²) in [6, 6.07) is 4.15. The number of pyridine rings is 1. The van der Waals surface area contributed by atoms with Gasteiger partial charge < -0.3 is 0 Å². The Morgan fingerprint density at radius 2 is 1.40 bits per heavy atom. The first kappa shape index (κ1) is 9.75. The fourth-order valence-electron chi connectivity index (χ4n) is 1.04. The molecular formula is C8H12LiN. The molecule has 0 atom stereocenters. The second kappa shape index (κ2) is 3.80. The summed E-state index contributed by atoms with van der Waals surface area (Å²) < 4.78 is 0. The van der Waals surface area contributed by atoms with Crippen molar-refractivity contribution >= 4 is 18.9 Å². The average molecular weight is 129 g/mol. The zero-order valence-electron chi connectivity index (χ0n) is 6.10. The monoisotopic (exact) mass is 129 g/mol. The van der Waals surface area contributed by atoms with Gasteiger partial charge >= 0.3 is 18.9 Å². The molecule has 0 saturated carbocycles. The van der Waals surface area contributed by atoms with Gasteiger partial charge in [-0.1, -0.05) is 0 Å². The minimum atomic E-state index is 0. The molecule has 0 unspecified atom stereocenters. The Hall–Kier alpha value is -0.253. The number of hydrogen-bond acceptors (Lipinski definition) is 1. The Kier molecular flexibility index (Phi) is 3.71. The van der Waals surface area contributed by atoms with Gasteiger partial charge in [0.2, 0.25) is 0 Å². The van der Waals surface area contributed by atoms with Crippen molar-refractivity contribution < 1.29 is 0 Å². The summed E-state index contributed by atoms with van der Waals surface area (Å²) in [4.78, 5) is 4.23. The van der Waals surface area contributed by atoms with Gasteiger partial charge in [0, 0.05) is 11.4 Å². The van der Waals surface area contributed by atoms with E-state index < -0.39 is 0 Å². The van der Waals surface area contributed by atoms with Gasteiger partial charge in [0.1, 0.15) is 0 Å². The zero-order valence-corrected chi connectivity index (χ0v) is 6.10. The van der Waals surface area contributed by atoms with Gasteiger partial charge in [-0.2, -0.15) is 0 Å². The predicted molar refractivity (Wildman–Crippen MR) is 45.6 cm³/mol. The summed E-state index contributed by atoms with van der Waals surface area (Å²) in [5.74, 6) is 0. The van der Waals surface area contributed by atoms with Crippen LogP contribution in [0.3, 0.4) is 0 Å². The van der Waals surface area contributed by atoms with Crippen LogP contribution in [0.4, 0.5) is 0 Å². The number of aromatic nitrogens is 1. The summed E-state index contributed by atoms with van der Waals surface area (Å²) >= 11 is 0. The summed E-state index contributed by atoms with van der Waals surface area (Å²) in [5, 5.41) is 0. The first-order valence-electron chi connectivity index (χ1n) is 3.10. The summed E-state index contributed by atoms with van der Waals surface area (Å²) in [7, 11) is 0. The van der Waals surface area contributed by atoms with Crippen LogP contribution < -0.4 is 0 Å². The molecule has 0 aliphatic heterocycles. The van der Waals surface area contributed by atoms with Crippen LogP contribution in [-0.4, -0.2) is 23.8 Å². The Bertz CT molecular complexity index is 170. The van der Waals surface area contributed by atoms with Crippen molar-refractivity contribution in [2.45, 2.75) is 20.8 Å². The van der Waals surface area contributed by atoms with Crippen LogP contribution >= 0.6 is 0 Å². The van der Waals surface area contributed by atoms with Crippen LogP contribution in [0.25, 0.3) is 0 Å². The van der Waals surface area contributed by atoms with E-state index in [1.165, 1.54) is 5.56 Å². The quantitative estimate of drug-likeness (QED) is 0.482. The molecule has 0 aliphatic rings. The van der Waals surface area contributed by atoms with Gasteiger partial charge in [-0.25, -0.2) is 0 Å². The molecule has 10 heavy (non-hydrogen) atoms. The fraction of sp³-hybridized carbons (Fsp3) is 0.375. The molecule has 0 amide bonds. The number of hydrogen-bond donors (Lipinski definition) is 0. The Morgan fingerprint density at radius 3 is 1.70 bits per heavy atom. The molecule has 0 spiro atoms. The van der Waals surface area contributed by atoms with Gasteiger partial charge in [-0.3, -0.25) is 4.98 Å². The van der Waals surface area contributed by atoms with E-state index in [4.69, 9.17) is 0 Å². The summed E-state index contributed by atoms with van der Waals surface area (Å²) in [6.07, 6.45) is 0. The maximum absolute atomic E-state index is 4.23. The van der Waals surface area contributed by atoms with Crippen molar-refractivity contribution in [2.24, 2.45) is 0 Å². The van der Waals surface area contributed by atoms with Gasteiger partial charge in [-0.15, -0.1) is 0 Å². The van der Waals surface area contributed by atoms with Crippen LogP contribution in [0.2, 0.25) is 0 Å². The normalized spacial score (nSPS) is 8.70. The molecule has 1 nitrogen and oxygen atoms in total. The molecule has 1 heterocycles. The van der Waals surface area contributed by atoms with E-state index in [1.54, 1.807) is 0 Å². The summed E-state index contributed by atoms with van der Waals surface area (Å²) in [6.45, 7) is 6.11. The third kappa shape index (κ3) is 2.56. The molecule has 2 heteroatoms. The Balaban J connectivity index is 0.000000810. The molecule has 1 aromatic rings. The van der Waals surface area contributed by atoms with E-state index >= 15 is 0 Å². The molecule has 1 aromatic heterocycles. The zero-order chi connectivity index (χ0) is 6.85. The van der Waals surface area contributed by atoms with E-state index in [0.717, 1.165) is 11.4 Å². The van der Waals surface area contributed by atoms with Gasteiger partial charge in [-0.05, 0) is 38.5 Å². The van der Waals surface area contributed by atoms with Crippen molar-refractivity contribution in [1.82, 2.24) is 4.98 Å². The molecular weight excluding hydrogens is 117 g/mol. The van der Waals surface area contributed by atoms with E-state index in [9.17, 15) is 0 Å². The topological polar surface area (TPSA) is 12.9 Å². The van der Waals surface area contributed by atoms with Crippen molar-refractivity contribution in [2.75, 3.05) is 0 Å². The van der Waals surface area contributed by atoms with Crippen LogP contribution in [0.15, 0.2) is 12.1 Å². The van der Waals surface area contributed by atoms with Crippen molar-refractivity contribution in [1.29, 1.82) is 0 Å². The fourth-order valence-corrected chi connectivity index (χ4v) is 1.04. The standard InChI is InChI=1S/C8H11N.Li.H/c1-6-4-7(2)9-8(3)5-6;;/h4-5H,1-3H3;;. The van der Waals surface area contributed by atoms with Crippen LogP contribution in [0, 0.1) is 20.8 Å². The van der Waals surface area contributed by atoms with Crippen LogP contribution in [0.1, 0.15) is 17.0 Å². The molecule has 0 aromatic carbocycles. The van der Waals surface area contributed by atoms with Crippen LogP contribution in [-0.2, 0) is 0 Å². The molecule has 0 aliphatic carbocycles. The van der Waals surface area contributed by atoms with E-state index in [2.05, 4.69) is 24.0 Å². The van der Waals surface area contributed by atoms with Gasteiger partial charge in [0.25, 0.3) is 0 Å². The van der Waals surface area contributed by atoms with Crippen LogP contribution in [0.5, 0.6) is 0 Å². The second-order valence-electron chi connectivity index (χ2n) is 2.43. The average Bonchev–Trinajstić information content (AvgIpc) is 1.59. The van der Waals surface area contributed by atoms with E-state index in [-0.39, 0.29) is 18.9 Å². The minimum absolute atomic E-state index is 0. The van der Waals surface area contributed by atoms with Crippen molar-refractivity contribution in [3.63, 3.8) is 0 Å². The number of nitrogens with zero attached hydrogens (tertiary/aromatic N) is 1. The number of rotatable bonds is 0. The third-order valence-corrected chi connectivity index (χ3v) is 1.23. The van der Waals surface area contributed by atoms with E-state index in [1.807, 2.05) is 13.8 Å². The second-order valence-corrected chi connectivity index (χ2v) is 2.43. The number of aryl methyl sites for hydroxylation is 3. The maximum atomic E-state index is 4.23. The molecule has 1 rings (SSSR count). The SMILES string of the molecule is Cc1cc(C)nc(C)c1.[LiH]. The van der Waals surface area contributed by atoms with Crippen molar-refractivity contribution in [3.05, 3.63) is 29.1 Å². The van der Waals surface area contributed by atoms with Crippen molar-refractivity contribution in [3.8, 4) is 0 Å². The first-order valence-corrected chi connectivity index (χ1v) is 3.10. The third-order valence-electron chi connectivity index (χ3n) is 1.23. The molecule has 50 valence electrons. The first-order chi connectivity index (χ1) is 4.18. The molecule has 0 bridgehead atoms. The van der Waals surface area contributed by atoms with E-state index in [0.29, 0.717) is 0 Å². The molecule has 0 fully saturated rings. The molecule has 0 radical (unpaired) electrons.